The van der Waals surface area contributed by atoms with Crippen molar-refractivity contribution in [3.63, 3.8) is 0 Å². The Morgan fingerprint density at radius 2 is 1.81 bits per heavy atom. The molecule has 0 aliphatic carbocycles. The minimum absolute atomic E-state index is 0.120. The van der Waals surface area contributed by atoms with Crippen molar-refractivity contribution >= 4 is 11.7 Å². The number of rotatable bonds is 4. The maximum absolute atomic E-state index is 13.3. The summed E-state index contributed by atoms with van der Waals surface area (Å²) in [6.45, 7) is 3.28. The molecule has 0 radical (unpaired) electrons. The molecule has 138 valence electrons. The van der Waals surface area contributed by atoms with Gasteiger partial charge in [0.15, 0.2) is 0 Å². The van der Waals surface area contributed by atoms with Gasteiger partial charge in [-0.05, 0) is 33.0 Å². The lowest BCUT2D eigenvalue weighted by Crippen LogP contribution is -2.43. The third-order valence-corrected chi connectivity index (χ3v) is 4.86. The van der Waals surface area contributed by atoms with Crippen molar-refractivity contribution in [1.82, 2.24) is 19.8 Å². The Labute approximate surface area is 155 Å². The molecule has 0 bridgehead atoms. The molecule has 0 saturated heterocycles. The molecule has 0 spiro atoms. The topological polar surface area (TPSA) is 52.6 Å². The normalized spacial score (nSPS) is 14.9. The first-order chi connectivity index (χ1) is 12.4. The Morgan fingerprint density at radius 1 is 1.12 bits per heavy atom. The lowest BCUT2D eigenvalue weighted by atomic mass is 10.00. The van der Waals surface area contributed by atoms with Crippen LogP contribution in [0.25, 0.3) is 0 Å². The molecule has 0 fully saturated rings. The largest absolute Gasteiger partial charge is 0.362 e. The molecule has 2 heterocycles. The first-order valence-corrected chi connectivity index (χ1v) is 8.90. The summed E-state index contributed by atoms with van der Waals surface area (Å²) >= 11 is 0. The molecule has 2 aromatic rings. The summed E-state index contributed by atoms with van der Waals surface area (Å²) in [4.78, 5) is 28.0. The Balaban J connectivity index is 1.86. The monoisotopic (exact) mass is 353 g/mol. The fraction of sp³-hybridized carbons (Fsp3) is 0.450. The van der Waals surface area contributed by atoms with Gasteiger partial charge in [0, 0.05) is 26.2 Å². The van der Waals surface area contributed by atoms with Crippen LogP contribution in [0.1, 0.15) is 28.4 Å². The molecule has 1 aromatic heterocycles. The number of carbonyl (C=O) groups is 1. The fourth-order valence-corrected chi connectivity index (χ4v) is 3.49. The average Bonchev–Trinajstić information content (AvgIpc) is 2.62. The summed E-state index contributed by atoms with van der Waals surface area (Å²) in [5.74, 6) is 1.07. The van der Waals surface area contributed by atoms with E-state index in [-0.39, 0.29) is 11.9 Å². The zero-order valence-electron chi connectivity index (χ0n) is 16.2. The molecule has 1 atom stereocenters. The molecule has 0 N–H and O–H groups in total. The first kappa shape index (κ1) is 18.3. The standard InChI is InChI=1S/C20H27N5O/c1-14-6-8-15(9-7-14)18(23(2)3)20(26)25-11-10-16-17(12-25)21-13-22-19(16)24(4)5/h6-9,13,18H,10-12H2,1-5H3. The third kappa shape index (κ3) is 3.55. The van der Waals surface area contributed by atoms with Gasteiger partial charge in [-0.2, -0.15) is 0 Å². The molecule has 1 aliphatic rings. The van der Waals surface area contributed by atoms with E-state index in [1.54, 1.807) is 6.33 Å². The molecule has 1 amide bonds. The fourth-order valence-electron chi connectivity index (χ4n) is 3.49. The van der Waals surface area contributed by atoms with Crippen LogP contribution in [0, 0.1) is 6.92 Å². The molecule has 1 unspecified atom stereocenters. The van der Waals surface area contributed by atoms with Crippen LogP contribution in [0.4, 0.5) is 5.82 Å². The number of hydrogen-bond donors (Lipinski definition) is 0. The van der Waals surface area contributed by atoms with Gasteiger partial charge < -0.3 is 9.80 Å². The molecular formula is C20H27N5O. The maximum atomic E-state index is 13.3. The van der Waals surface area contributed by atoms with E-state index in [1.165, 1.54) is 5.56 Å². The minimum atomic E-state index is -0.285. The number of likely N-dealkylation sites (N-methyl/N-ethyl adjacent to an activating group) is 1. The Bertz CT molecular complexity index is 785. The third-order valence-electron chi connectivity index (χ3n) is 4.86. The molecule has 26 heavy (non-hydrogen) atoms. The minimum Gasteiger partial charge on any atom is -0.362 e. The zero-order chi connectivity index (χ0) is 18.8. The average molecular weight is 353 g/mol. The van der Waals surface area contributed by atoms with Gasteiger partial charge in [-0.25, -0.2) is 9.97 Å². The molecule has 6 nitrogen and oxygen atoms in total. The number of carbonyl (C=O) groups excluding carboxylic acids is 1. The van der Waals surface area contributed by atoms with Crippen molar-refractivity contribution in [1.29, 1.82) is 0 Å². The quantitative estimate of drug-likeness (QED) is 0.842. The predicted octanol–water partition coefficient (Wildman–Crippen LogP) is 2.04. The highest BCUT2D eigenvalue weighted by molar-refractivity contribution is 5.83. The summed E-state index contributed by atoms with van der Waals surface area (Å²) in [5, 5.41) is 0. The van der Waals surface area contributed by atoms with Crippen molar-refractivity contribution in [2.24, 2.45) is 0 Å². The second kappa shape index (κ2) is 7.41. The number of nitrogens with zero attached hydrogens (tertiary/aromatic N) is 5. The number of anilines is 1. The van der Waals surface area contributed by atoms with Gasteiger partial charge in [0.05, 0.1) is 12.2 Å². The predicted molar refractivity (Wildman–Crippen MR) is 103 cm³/mol. The van der Waals surface area contributed by atoms with Gasteiger partial charge in [0.25, 0.3) is 0 Å². The van der Waals surface area contributed by atoms with Crippen LogP contribution >= 0.6 is 0 Å². The van der Waals surface area contributed by atoms with Gasteiger partial charge in [-0.3, -0.25) is 9.69 Å². The molecule has 1 aromatic carbocycles. The van der Waals surface area contributed by atoms with Crippen molar-refractivity contribution in [3.05, 3.63) is 53.0 Å². The smallest absolute Gasteiger partial charge is 0.244 e. The maximum Gasteiger partial charge on any atom is 0.244 e. The summed E-state index contributed by atoms with van der Waals surface area (Å²) < 4.78 is 0. The van der Waals surface area contributed by atoms with E-state index < -0.39 is 0 Å². The van der Waals surface area contributed by atoms with E-state index in [2.05, 4.69) is 29.0 Å². The van der Waals surface area contributed by atoms with E-state index in [1.807, 2.05) is 55.0 Å². The highest BCUT2D eigenvalue weighted by Crippen LogP contribution is 2.28. The van der Waals surface area contributed by atoms with Crippen LogP contribution in [0.2, 0.25) is 0 Å². The van der Waals surface area contributed by atoms with Crippen molar-refractivity contribution in [2.75, 3.05) is 39.6 Å². The molecular weight excluding hydrogens is 326 g/mol. The van der Waals surface area contributed by atoms with Gasteiger partial charge in [0.1, 0.15) is 18.2 Å². The van der Waals surface area contributed by atoms with Crippen molar-refractivity contribution in [3.8, 4) is 0 Å². The molecule has 0 saturated carbocycles. The van der Waals surface area contributed by atoms with Gasteiger partial charge in [-0.15, -0.1) is 0 Å². The summed E-state index contributed by atoms with van der Waals surface area (Å²) in [6.07, 6.45) is 2.37. The number of fused-ring (bicyclic) bond motifs is 1. The number of hydrogen-bond acceptors (Lipinski definition) is 5. The zero-order valence-corrected chi connectivity index (χ0v) is 16.2. The second-order valence-electron chi connectivity index (χ2n) is 7.30. The van der Waals surface area contributed by atoms with E-state index >= 15 is 0 Å². The lowest BCUT2D eigenvalue weighted by molar-refractivity contribution is -0.137. The van der Waals surface area contributed by atoms with Gasteiger partial charge in [-0.1, -0.05) is 29.8 Å². The van der Waals surface area contributed by atoms with E-state index in [0.717, 1.165) is 29.1 Å². The van der Waals surface area contributed by atoms with E-state index in [4.69, 9.17) is 0 Å². The molecule has 1 aliphatic heterocycles. The van der Waals surface area contributed by atoms with Crippen LogP contribution in [0.15, 0.2) is 30.6 Å². The first-order valence-electron chi connectivity index (χ1n) is 8.90. The number of benzene rings is 1. The molecule has 6 heteroatoms. The SMILES string of the molecule is Cc1ccc(C(C(=O)N2CCc3c(ncnc3N(C)C)C2)N(C)C)cc1. The van der Waals surface area contributed by atoms with Crippen molar-refractivity contribution < 1.29 is 4.79 Å². The number of amides is 1. The summed E-state index contributed by atoms with van der Waals surface area (Å²) in [5.41, 5.74) is 4.31. The Hall–Kier alpha value is -2.47. The van der Waals surface area contributed by atoms with E-state index in [9.17, 15) is 4.79 Å². The lowest BCUT2D eigenvalue weighted by Gasteiger charge is -2.34. The van der Waals surface area contributed by atoms with Crippen LogP contribution < -0.4 is 4.90 Å². The Kier molecular flexibility index (Phi) is 5.23. The highest BCUT2D eigenvalue weighted by atomic mass is 16.2. The molecule has 3 rings (SSSR count). The highest BCUT2D eigenvalue weighted by Gasteiger charge is 2.31. The van der Waals surface area contributed by atoms with Crippen LogP contribution in [-0.2, 0) is 17.8 Å². The van der Waals surface area contributed by atoms with Crippen LogP contribution in [0.5, 0.6) is 0 Å². The number of aryl methyl sites for hydroxylation is 1. The van der Waals surface area contributed by atoms with Gasteiger partial charge in [0.2, 0.25) is 5.91 Å². The summed E-state index contributed by atoms with van der Waals surface area (Å²) in [6, 6.07) is 7.92. The second-order valence-corrected chi connectivity index (χ2v) is 7.30. The van der Waals surface area contributed by atoms with Gasteiger partial charge >= 0.3 is 0 Å². The summed E-state index contributed by atoms with van der Waals surface area (Å²) in [7, 11) is 7.87. The number of aromatic nitrogens is 2. The Morgan fingerprint density at radius 3 is 2.42 bits per heavy atom. The van der Waals surface area contributed by atoms with Crippen molar-refractivity contribution in [2.45, 2.75) is 25.9 Å². The van der Waals surface area contributed by atoms with E-state index in [0.29, 0.717) is 13.1 Å². The van der Waals surface area contributed by atoms with Crippen LogP contribution in [-0.4, -0.2) is 60.4 Å². The van der Waals surface area contributed by atoms with Crippen LogP contribution in [0.3, 0.4) is 0 Å².